The zero-order valence-corrected chi connectivity index (χ0v) is 13.7. The maximum Gasteiger partial charge on any atom is 0.333 e. The predicted molar refractivity (Wildman–Crippen MR) is 84.8 cm³/mol. The molecule has 0 bridgehead atoms. The summed E-state index contributed by atoms with van der Waals surface area (Å²) >= 11 is 0. The Labute approximate surface area is 131 Å². The van der Waals surface area contributed by atoms with Gasteiger partial charge in [0.15, 0.2) is 11.5 Å². The van der Waals surface area contributed by atoms with Crippen LogP contribution < -0.4 is 14.2 Å². The van der Waals surface area contributed by atoms with Gasteiger partial charge < -0.3 is 18.9 Å². The number of esters is 1. The highest BCUT2D eigenvalue weighted by molar-refractivity contribution is 5.86. The summed E-state index contributed by atoms with van der Waals surface area (Å²) in [5.41, 5.74) is 1.45. The van der Waals surface area contributed by atoms with Crippen molar-refractivity contribution in [1.82, 2.24) is 0 Å². The molecule has 0 N–H and O–H groups in total. The van der Waals surface area contributed by atoms with E-state index < -0.39 is 0 Å². The molecule has 5 heteroatoms. The quantitative estimate of drug-likeness (QED) is 0.398. The minimum atomic E-state index is -0.344. The highest BCUT2D eigenvalue weighted by atomic mass is 16.5. The maximum absolute atomic E-state index is 11.3. The van der Waals surface area contributed by atoms with Crippen LogP contribution in [0.25, 0.3) is 0 Å². The van der Waals surface area contributed by atoms with Crippen molar-refractivity contribution in [3.63, 3.8) is 0 Å². The number of benzene rings is 1. The summed E-state index contributed by atoms with van der Waals surface area (Å²) in [6.07, 6.45) is 2.44. The van der Waals surface area contributed by atoms with E-state index in [0.717, 1.165) is 24.8 Å². The lowest BCUT2D eigenvalue weighted by Gasteiger charge is -2.15. The number of aryl methyl sites for hydroxylation is 1. The summed E-state index contributed by atoms with van der Waals surface area (Å²) in [6.45, 7) is 5.57. The average molecular weight is 308 g/mol. The molecule has 22 heavy (non-hydrogen) atoms. The molecule has 0 fully saturated rings. The third-order valence-electron chi connectivity index (χ3n) is 3.21. The molecule has 122 valence electrons. The number of hydrogen-bond acceptors (Lipinski definition) is 5. The lowest BCUT2D eigenvalue weighted by Crippen LogP contribution is -2.06. The second kappa shape index (κ2) is 8.97. The smallest absolute Gasteiger partial charge is 0.333 e. The third-order valence-corrected chi connectivity index (χ3v) is 3.21. The van der Waals surface area contributed by atoms with Gasteiger partial charge in [0.25, 0.3) is 0 Å². The Balaban J connectivity index is 2.59. The first kappa shape index (κ1) is 17.9. The van der Waals surface area contributed by atoms with E-state index in [1.54, 1.807) is 28.3 Å². The van der Waals surface area contributed by atoms with E-state index in [1.807, 2.05) is 12.1 Å². The summed E-state index contributed by atoms with van der Waals surface area (Å²) in [5.74, 6) is 1.57. The molecule has 1 aromatic carbocycles. The van der Waals surface area contributed by atoms with Crippen LogP contribution >= 0.6 is 0 Å². The van der Waals surface area contributed by atoms with E-state index in [1.165, 1.54) is 0 Å². The molecule has 0 saturated heterocycles. The molecule has 5 nitrogen and oxygen atoms in total. The Morgan fingerprint density at radius 2 is 1.73 bits per heavy atom. The lowest BCUT2D eigenvalue weighted by molar-refractivity contribution is -0.139. The molecular formula is C17H24O5. The second-order valence-corrected chi connectivity index (χ2v) is 4.87. The highest BCUT2D eigenvalue weighted by Crippen LogP contribution is 2.40. The fourth-order valence-corrected chi connectivity index (χ4v) is 2.07. The van der Waals surface area contributed by atoms with Gasteiger partial charge in [-0.2, -0.15) is 0 Å². The summed E-state index contributed by atoms with van der Waals surface area (Å²) in [4.78, 5) is 11.3. The van der Waals surface area contributed by atoms with Gasteiger partial charge in [-0.05, 0) is 37.8 Å². The molecule has 0 atom stereocenters. The molecule has 0 aliphatic heterocycles. The van der Waals surface area contributed by atoms with Gasteiger partial charge in [-0.25, -0.2) is 4.79 Å². The number of carbonyl (C=O) groups excluding carboxylic acids is 1. The maximum atomic E-state index is 11.3. The van der Waals surface area contributed by atoms with Crippen LogP contribution in [0.15, 0.2) is 24.3 Å². The zero-order valence-electron chi connectivity index (χ0n) is 13.7. The van der Waals surface area contributed by atoms with Crippen molar-refractivity contribution in [2.75, 3.05) is 27.9 Å². The summed E-state index contributed by atoms with van der Waals surface area (Å²) in [6, 6.07) is 3.82. The Morgan fingerprint density at radius 1 is 1.05 bits per heavy atom. The van der Waals surface area contributed by atoms with Crippen molar-refractivity contribution in [1.29, 1.82) is 0 Å². The van der Waals surface area contributed by atoms with Gasteiger partial charge in [0.2, 0.25) is 5.75 Å². The van der Waals surface area contributed by atoms with E-state index in [0.29, 0.717) is 29.4 Å². The van der Waals surface area contributed by atoms with Gasteiger partial charge in [-0.15, -0.1) is 0 Å². The average Bonchev–Trinajstić information content (AvgIpc) is 2.53. The number of hydrogen-bond donors (Lipinski definition) is 0. The third kappa shape index (κ3) is 4.69. The summed E-state index contributed by atoms with van der Waals surface area (Å²) < 4.78 is 21.1. The summed E-state index contributed by atoms with van der Waals surface area (Å²) in [5, 5.41) is 0. The van der Waals surface area contributed by atoms with Crippen LogP contribution in [0, 0.1) is 0 Å². The van der Waals surface area contributed by atoms with Crippen molar-refractivity contribution in [3.05, 3.63) is 29.8 Å². The molecule has 0 aliphatic rings. The fraction of sp³-hybridized carbons (Fsp3) is 0.471. The van der Waals surface area contributed by atoms with E-state index in [4.69, 9.17) is 18.9 Å². The van der Waals surface area contributed by atoms with Crippen molar-refractivity contribution in [2.45, 2.75) is 26.2 Å². The molecule has 1 aromatic rings. The van der Waals surface area contributed by atoms with Crippen LogP contribution in [-0.4, -0.2) is 33.9 Å². The Bertz CT molecular complexity index is 522. The van der Waals surface area contributed by atoms with Gasteiger partial charge in [0.05, 0.1) is 27.9 Å². The monoisotopic (exact) mass is 308 g/mol. The van der Waals surface area contributed by atoms with Gasteiger partial charge >= 0.3 is 5.97 Å². The first-order chi connectivity index (χ1) is 10.5. The van der Waals surface area contributed by atoms with E-state index in [9.17, 15) is 4.79 Å². The zero-order chi connectivity index (χ0) is 16.5. The molecule has 0 heterocycles. The van der Waals surface area contributed by atoms with Crippen LogP contribution in [0.4, 0.5) is 0 Å². The number of unbranched alkanes of at least 4 members (excludes halogenated alkanes) is 1. The highest BCUT2D eigenvalue weighted by Gasteiger charge is 2.15. The molecule has 0 unspecified atom stereocenters. The molecule has 0 aromatic heterocycles. The van der Waals surface area contributed by atoms with E-state index in [-0.39, 0.29) is 5.97 Å². The SMILES string of the molecule is C=C(C)C(=O)OCCCCc1ccc(OC)c(OC)c1OC. The minimum absolute atomic E-state index is 0.344. The van der Waals surface area contributed by atoms with Crippen molar-refractivity contribution < 1.29 is 23.7 Å². The van der Waals surface area contributed by atoms with Gasteiger partial charge in [-0.1, -0.05) is 12.6 Å². The Morgan fingerprint density at radius 3 is 2.27 bits per heavy atom. The Kier molecular flexibility index (Phi) is 7.29. The topological polar surface area (TPSA) is 54.0 Å². The number of methoxy groups -OCH3 is 3. The van der Waals surface area contributed by atoms with Gasteiger partial charge in [0.1, 0.15) is 0 Å². The normalized spacial score (nSPS) is 10.0. The molecule has 0 spiro atoms. The van der Waals surface area contributed by atoms with E-state index >= 15 is 0 Å². The number of ether oxygens (including phenoxy) is 4. The van der Waals surface area contributed by atoms with Crippen LogP contribution in [-0.2, 0) is 16.0 Å². The van der Waals surface area contributed by atoms with Crippen LogP contribution in [0.5, 0.6) is 17.2 Å². The van der Waals surface area contributed by atoms with Crippen LogP contribution in [0.2, 0.25) is 0 Å². The van der Waals surface area contributed by atoms with Gasteiger partial charge in [0, 0.05) is 5.57 Å². The molecule has 0 amide bonds. The van der Waals surface area contributed by atoms with E-state index in [2.05, 4.69) is 6.58 Å². The van der Waals surface area contributed by atoms with Crippen molar-refractivity contribution >= 4 is 5.97 Å². The van der Waals surface area contributed by atoms with Crippen molar-refractivity contribution in [2.24, 2.45) is 0 Å². The van der Waals surface area contributed by atoms with Gasteiger partial charge in [-0.3, -0.25) is 0 Å². The van der Waals surface area contributed by atoms with Crippen molar-refractivity contribution in [3.8, 4) is 17.2 Å². The fourth-order valence-electron chi connectivity index (χ4n) is 2.07. The first-order valence-corrected chi connectivity index (χ1v) is 7.15. The Hall–Kier alpha value is -2.17. The standard InChI is InChI=1S/C17H24O5/c1-12(2)17(18)22-11-7-6-8-13-9-10-14(19-3)16(21-5)15(13)20-4/h9-10H,1,6-8,11H2,2-5H3. The second-order valence-electron chi connectivity index (χ2n) is 4.87. The molecule has 0 radical (unpaired) electrons. The molecule has 1 rings (SSSR count). The minimum Gasteiger partial charge on any atom is -0.493 e. The predicted octanol–water partition coefficient (Wildman–Crippen LogP) is 3.15. The van der Waals surface area contributed by atoms with Crippen LogP contribution in [0.1, 0.15) is 25.3 Å². The molecular weight excluding hydrogens is 284 g/mol. The largest absolute Gasteiger partial charge is 0.493 e. The number of carbonyl (C=O) groups is 1. The summed E-state index contributed by atoms with van der Waals surface area (Å²) in [7, 11) is 4.78. The molecule has 0 saturated carbocycles. The first-order valence-electron chi connectivity index (χ1n) is 7.15. The van der Waals surface area contributed by atoms with Crippen LogP contribution in [0.3, 0.4) is 0 Å². The number of rotatable bonds is 9. The lowest BCUT2D eigenvalue weighted by atomic mass is 10.1. The molecule has 0 aliphatic carbocycles.